The lowest BCUT2D eigenvalue weighted by Gasteiger charge is -2.11. The number of halogens is 1. The van der Waals surface area contributed by atoms with E-state index in [4.69, 9.17) is 5.73 Å². The molecule has 4 nitrogen and oxygen atoms in total. The van der Waals surface area contributed by atoms with E-state index in [2.05, 4.69) is 21.2 Å². The highest BCUT2D eigenvalue weighted by Crippen LogP contribution is 2.10. The van der Waals surface area contributed by atoms with E-state index < -0.39 is 5.91 Å². The average molecular weight is 285 g/mol. The van der Waals surface area contributed by atoms with E-state index in [0.717, 1.165) is 4.47 Å². The first-order valence-electron chi connectivity index (χ1n) is 4.84. The Kier molecular flexibility index (Phi) is 4.49. The number of hydrogen-bond acceptors (Lipinski definition) is 2. The van der Waals surface area contributed by atoms with Crippen LogP contribution in [0.25, 0.3) is 0 Å². The van der Waals surface area contributed by atoms with Crippen LogP contribution >= 0.6 is 15.9 Å². The Labute approximate surface area is 102 Å². The molecule has 0 fully saturated rings. The fraction of sp³-hybridized carbons (Fsp3) is 0.273. The van der Waals surface area contributed by atoms with Gasteiger partial charge in [-0.05, 0) is 31.2 Å². The largest absolute Gasteiger partial charge is 0.370 e. The molecular weight excluding hydrogens is 272 g/mol. The van der Waals surface area contributed by atoms with E-state index in [1.54, 1.807) is 31.2 Å². The average Bonchev–Trinajstić information content (AvgIpc) is 2.16. The molecule has 0 heterocycles. The molecule has 5 heteroatoms. The number of carbonyl (C=O) groups excluding carboxylic acids is 2. The molecular formula is C11H13BrN2O2. The summed E-state index contributed by atoms with van der Waals surface area (Å²) < 4.78 is 0.911. The minimum atomic E-state index is -0.427. The van der Waals surface area contributed by atoms with Crippen molar-refractivity contribution in [1.82, 2.24) is 5.32 Å². The molecule has 0 spiro atoms. The molecule has 16 heavy (non-hydrogen) atoms. The van der Waals surface area contributed by atoms with Crippen LogP contribution in [0.15, 0.2) is 28.7 Å². The van der Waals surface area contributed by atoms with Crippen molar-refractivity contribution >= 4 is 27.7 Å². The van der Waals surface area contributed by atoms with Crippen LogP contribution in [0.3, 0.4) is 0 Å². The molecule has 0 bridgehead atoms. The highest BCUT2D eigenvalue weighted by Gasteiger charge is 2.11. The third-order valence-corrected chi connectivity index (χ3v) is 2.52. The number of rotatable bonds is 4. The second kappa shape index (κ2) is 5.65. The van der Waals surface area contributed by atoms with E-state index >= 15 is 0 Å². The van der Waals surface area contributed by atoms with Crippen LogP contribution in [0.1, 0.15) is 23.7 Å². The molecule has 0 aliphatic rings. The second-order valence-electron chi connectivity index (χ2n) is 3.55. The standard InChI is InChI=1S/C11H13BrN2O2/c1-7(6-10(13)15)14-11(16)8-2-4-9(12)5-3-8/h2-5,7H,6H2,1H3,(H2,13,15)(H,14,16). The zero-order valence-electron chi connectivity index (χ0n) is 8.87. The van der Waals surface area contributed by atoms with Crippen LogP contribution in [-0.4, -0.2) is 17.9 Å². The van der Waals surface area contributed by atoms with Gasteiger partial charge in [0.1, 0.15) is 0 Å². The number of primary amides is 1. The fourth-order valence-electron chi connectivity index (χ4n) is 1.26. The Morgan fingerprint density at radius 2 is 1.94 bits per heavy atom. The predicted molar refractivity (Wildman–Crippen MR) is 64.9 cm³/mol. The number of benzene rings is 1. The van der Waals surface area contributed by atoms with E-state index in [1.165, 1.54) is 0 Å². The molecule has 86 valence electrons. The summed E-state index contributed by atoms with van der Waals surface area (Å²) >= 11 is 3.29. The van der Waals surface area contributed by atoms with Gasteiger partial charge in [0.2, 0.25) is 5.91 Å². The van der Waals surface area contributed by atoms with Gasteiger partial charge in [0.15, 0.2) is 0 Å². The van der Waals surface area contributed by atoms with Gasteiger partial charge in [-0.2, -0.15) is 0 Å². The summed E-state index contributed by atoms with van der Waals surface area (Å²) in [5, 5.41) is 2.69. The molecule has 3 N–H and O–H groups in total. The third kappa shape index (κ3) is 4.02. The van der Waals surface area contributed by atoms with Crippen LogP contribution in [0.5, 0.6) is 0 Å². The smallest absolute Gasteiger partial charge is 0.251 e. The Balaban J connectivity index is 2.58. The van der Waals surface area contributed by atoms with Crippen LogP contribution in [0, 0.1) is 0 Å². The highest BCUT2D eigenvalue weighted by molar-refractivity contribution is 9.10. The number of hydrogen-bond donors (Lipinski definition) is 2. The van der Waals surface area contributed by atoms with Crippen molar-refractivity contribution in [3.8, 4) is 0 Å². The highest BCUT2D eigenvalue weighted by atomic mass is 79.9. The Morgan fingerprint density at radius 3 is 2.44 bits per heavy atom. The summed E-state index contributed by atoms with van der Waals surface area (Å²) in [6, 6.07) is 6.72. The van der Waals surface area contributed by atoms with Crippen LogP contribution < -0.4 is 11.1 Å². The zero-order valence-corrected chi connectivity index (χ0v) is 10.5. The molecule has 0 aromatic heterocycles. The molecule has 1 aromatic rings. The van der Waals surface area contributed by atoms with Gasteiger partial charge in [-0.1, -0.05) is 15.9 Å². The number of nitrogens with two attached hydrogens (primary N) is 1. The first-order chi connectivity index (χ1) is 7.49. The van der Waals surface area contributed by atoms with Crippen molar-refractivity contribution in [2.75, 3.05) is 0 Å². The van der Waals surface area contributed by atoms with Crippen molar-refractivity contribution in [3.63, 3.8) is 0 Å². The van der Waals surface area contributed by atoms with Crippen molar-refractivity contribution in [3.05, 3.63) is 34.3 Å². The number of amides is 2. The Hall–Kier alpha value is -1.36. The summed E-state index contributed by atoms with van der Waals surface area (Å²) in [6.07, 6.45) is 0.141. The van der Waals surface area contributed by atoms with Crippen LogP contribution in [-0.2, 0) is 4.79 Å². The molecule has 0 aliphatic carbocycles. The van der Waals surface area contributed by atoms with Crippen molar-refractivity contribution < 1.29 is 9.59 Å². The Bertz CT molecular complexity index is 389. The van der Waals surface area contributed by atoms with E-state index in [0.29, 0.717) is 5.56 Å². The van der Waals surface area contributed by atoms with Crippen molar-refractivity contribution in [2.45, 2.75) is 19.4 Å². The van der Waals surface area contributed by atoms with Gasteiger partial charge in [0.05, 0.1) is 0 Å². The maximum absolute atomic E-state index is 11.7. The summed E-state index contributed by atoms with van der Waals surface area (Å²) in [7, 11) is 0. The molecule has 1 rings (SSSR count). The quantitative estimate of drug-likeness (QED) is 0.878. The molecule has 0 aliphatic heterocycles. The predicted octanol–water partition coefficient (Wildman–Crippen LogP) is 1.44. The third-order valence-electron chi connectivity index (χ3n) is 1.99. The summed E-state index contributed by atoms with van der Waals surface area (Å²) in [5.74, 6) is -0.634. The first-order valence-corrected chi connectivity index (χ1v) is 5.63. The normalized spacial score (nSPS) is 11.9. The van der Waals surface area contributed by atoms with E-state index in [1.807, 2.05) is 0 Å². The van der Waals surface area contributed by atoms with Crippen molar-refractivity contribution in [2.24, 2.45) is 5.73 Å². The molecule has 0 radical (unpaired) electrons. The minimum absolute atomic E-state index is 0.141. The van der Waals surface area contributed by atoms with Gasteiger partial charge in [-0.3, -0.25) is 9.59 Å². The molecule has 0 saturated carbocycles. The zero-order chi connectivity index (χ0) is 12.1. The Morgan fingerprint density at radius 1 is 1.38 bits per heavy atom. The number of nitrogens with one attached hydrogen (secondary N) is 1. The molecule has 1 unspecified atom stereocenters. The summed E-state index contributed by atoms with van der Waals surface area (Å²) in [5.41, 5.74) is 5.59. The molecule has 2 amide bonds. The maximum atomic E-state index is 11.7. The molecule has 1 atom stereocenters. The van der Waals surface area contributed by atoms with Gasteiger partial charge < -0.3 is 11.1 Å². The molecule has 1 aromatic carbocycles. The van der Waals surface area contributed by atoms with Crippen LogP contribution in [0.2, 0.25) is 0 Å². The number of carbonyl (C=O) groups is 2. The minimum Gasteiger partial charge on any atom is -0.370 e. The SMILES string of the molecule is CC(CC(N)=O)NC(=O)c1ccc(Br)cc1. The lowest BCUT2D eigenvalue weighted by Crippen LogP contribution is -2.35. The lowest BCUT2D eigenvalue weighted by atomic mass is 10.2. The van der Waals surface area contributed by atoms with Crippen molar-refractivity contribution in [1.29, 1.82) is 0 Å². The van der Waals surface area contributed by atoms with Gasteiger partial charge in [-0.15, -0.1) is 0 Å². The topological polar surface area (TPSA) is 72.2 Å². The monoisotopic (exact) mass is 284 g/mol. The lowest BCUT2D eigenvalue weighted by molar-refractivity contribution is -0.118. The van der Waals surface area contributed by atoms with E-state index in [9.17, 15) is 9.59 Å². The summed E-state index contributed by atoms with van der Waals surface area (Å²) in [6.45, 7) is 1.74. The fourth-order valence-corrected chi connectivity index (χ4v) is 1.53. The molecule has 0 saturated heterocycles. The van der Waals surface area contributed by atoms with Gasteiger partial charge in [0.25, 0.3) is 5.91 Å². The summed E-state index contributed by atoms with van der Waals surface area (Å²) in [4.78, 5) is 22.3. The van der Waals surface area contributed by atoms with Gasteiger partial charge >= 0.3 is 0 Å². The van der Waals surface area contributed by atoms with E-state index in [-0.39, 0.29) is 18.4 Å². The van der Waals surface area contributed by atoms with Crippen LogP contribution in [0.4, 0.5) is 0 Å². The first kappa shape index (κ1) is 12.7. The maximum Gasteiger partial charge on any atom is 0.251 e. The van der Waals surface area contributed by atoms with Gasteiger partial charge in [-0.25, -0.2) is 0 Å². The van der Waals surface area contributed by atoms with Gasteiger partial charge in [0, 0.05) is 22.5 Å². The second-order valence-corrected chi connectivity index (χ2v) is 4.47.